The molecular formula is C9H13N3O2S. The Morgan fingerprint density at radius 2 is 2.40 bits per heavy atom. The molecule has 6 heteroatoms. The van der Waals surface area contributed by atoms with Crippen LogP contribution in [0.25, 0.3) is 0 Å². The minimum Gasteiger partial charge on any atom is -0.477 e. The van der Waals surface area contributed by atoms with Gasteiger partial charge in [-0.25, -0.2) is 14.8 Å². The number of aromatic carboxylic acids is 1. The van der Waals surface area contributed by atoms with Crippen molar-refractivity contribution in [3.8, 4) is 0 Å². The molecule has 1 aromatic rings. The maximum absolute atomic E-state index is 10.8. The first-order chi connectivity index (χ1) is 7.19. The van der Waals surface area contributed by atoms with Crippen molar-refractivity contribution in [1.29, 1.82) is 0 Å². The van der Waals surface area contributed by atoms with Crippen molar-refractivity contribution in [2.75, 3.05) is 18.1 Å². The second-order valence-electron chi connectivity index (χ2n) is 2.82. The van der Waals surface area contributed by atoms with Gasteiger partial charge in [0.15, 0.2) is 5.16 Å². The van der Waals surface area contributed by atoms with Gasteiger partial charge in [0, 0.05) is 19.0 Å². The van der Waals surface area contributed by atoms with E-state index >= 15 is 0 Å². The average molecular weight is 227 g/mol. The number of rotatable bonds is 5. The zero-order chi connectivity index (χ0) is 11.3. The van der Waals surface area contributed by atoms with E-state index in [-0.39, 0.29) is 5.56 Å². The molecule has 1 aromatic heterocycles. The fraction of sp³-hybridized carbons (Fsp3) is 0.444. The molecule has 2 N–H and O–H groups in total. The number of carboxylic acids is 1. The number of aromatic nitrogens is 2. The summed E-state index contributed by atoms with van der Waals surface area (Å²) >= 11 is 1.52. The van der Waals surface area contributed by atoms with E-state index in [1.165, 1.54) is 18.0 Å². The Kier molecular flexibility index (Phi) is 4.36. The van der Waals surface area contributed by atoms with Gasteiger partial charge in [-0.3, -0.25) is 0 Å². The first-order valence-corrected chi connectivity index (χ1v) is 5.58. The number of thioether (sulfide) groups is 1. The van der Waals surface area contributed by atoms with E-state index in [0.29, 0.717) is 11.0 Å². The molecule has 0 aliphatic rings. The lowest BCUT2D eigenvalue weighted by atomic mass is 10.3. The average Bonchev–Trinajstić information content (AvgIpc) is 2.25. The number of anilines is 1. The Labute approximate surface area is 92.3 Å². The molecule has 0 bridgehead atoms. The van der Waals surface area contributed by atoms with Crippen LogP contribution >= 0.6 is 11.8 Å². The molecule has 0 fully saturated rings. The van der Waals surface area contributed by atoms with Crippen molar-refractivity contribution in [3.05, 3.63) is 11.8 Å². The van der Waals surface area contributed by atoms with E-state index in [1.54, 1.807) is 7.05 Å². The van der Waals surface area contributed by atoms with E-state index in [0.717, 1.165) is 12.2 Å². The second kappa shape index (κ2) is 5.55. The summed E-state index contributed by atoms with van der Waals surface area (Å²) in [6, 6.07) is 0. The van der Waals surface area contributed by atoms with Crippen LogP contribution in [0.4, 0.5) is 5.82 Å². The summed E-state index contributed by atoms with van der Waals surface area (Å²) in [7, 11) is 1.64. The zero-order valence-corrected chi connectivity index (χ0v) is 9.47. The molecule has 0 atom stereocenters. The van der Waals surface area contributed by atoms with Gasteiger partial charge in [0.2, 0.25) is 0 Å². The van der Waals surface area contributed by atoms with E-state index in [4.69, 9.17) is 5.11 Å². The van der Waals surface area contributed by atoms with E-state index in [1.807, 2.05) is 0 Å². The van der Waals surface area contributed by atoms with Crippen LogP contribution in [0.5, 0.6) is 0 Å². The van der Waals surface area contributed by atoms with Gasteiger partial charge < -0.3 is 10.4 Å². The maximum Gasteiger partial charge on any atom is 0.341 e. The Morgan fingerprint density at radius 1 is 1.67 bits per heavy atom. The number of carboxylic acid groups (broad SMARTS) is 1. The van der Waals surface area contributed by atoms with Crippen molar-refractivity contribution in [2.45, 2.75) is 18.5 Å². The Bertz CT molecular complexity index is 357. The minimum absolute atomic E-state index is 0.0957. The van der Waals surface area contributed by atoms with E-state index in [9.17, 15) is 4.79 Å². The highest BCUT2D eigenvalue weighted by Gasteiger charge is 2.12. The Hall–Kier alpha value is -1.30. The maximum atomic E-state index is 10.8. The molecule has 0 amide bonds. The fourth-order valence-corrected chi connectivity index (χ4v) is 1.65. The number of hydrogen-bond donors (Lipinski definition) is 2. The van der Waals surface area contributed by atoms with Gasteiger partial charge in [0.1, 0.15) is 11.4 Å². The lowest BCUT2D eigenvalue weighted by Crippen LogP contribution is -2.06. The summed E-state index contributed by atoms with van der Waals surface area (Å²) in [5.41, 5.74) is 0.0957. The monoisotopic (exact) mass is 227 g/mol. The molecule has 0 aromatic carbocycles. The van der Waals surface area contributed by atoms with Crippen molar-refractivity contribution >= 4 is 23.5 Å². The quantitative estimate of drug-likeness (QED) is 0.589. The van der Waals surface area contributed by atoms with Crippen molar-refractivity contribution in [3.63, 3.8) is 0 Å². The Balaban J connectivity index is 2.92. The van der Waals surface area contributed by atoms with E-state index in [2.05, 4.69) is 22.2 Å². The lowest BCUT2D eigenvalue weighted by molar-refractivity contribution is 0.0697. The van der Waals surface area contributed by atoms with Crippen molar-refractivity contribution in [1.82, 2.24) is 9.97 Å². The molecule has 0 aliphatic carbocycles. The molecule has 1 rings (SSSR count). The minimum atomic E-state index is -1.02. The van der Waals surface area contributed by atoms with Crippen LogP contribution in [0.2, 0.25) is 0 Å². The predicted octanol–water partition coefficient (Wildman–Crippen LogP) is 1.72. The van der Waals surface area contributed by atoms with Crippen LogP contribution in [-0.4, -0.2) is 33.8 Å². The van der Waals surface area contributed by atoms with Gasteiger partial charge in [-0.05, 0) is 6.42 Å². The van der Waals surface area contributed by atoms with Gasteiger partial charge in [-0.15, -0.1) is 0 Å². The molecule has 82 valence electrons. The molecule has 1 heterocycles. The third-order valence-corrected chi connectivity index (χ3v) is 2.74. The van der Waals surface area contributed by atoms with Crippen LogP contribution in [0.3, 0.4) is 0 Å². The molecule has 15 heavy (non-hydrogen) atoms. The van der Waals surface area contributed by atoms with Gasteiger partial charge in [-0.2, -0.15) is 0 Å². The molecule has 5 nitrogen and oxygen atoms in total. The summed E-state index contributed by atoms with van der Waals surface area (Å²) in [4.78, 5) is 18.9. The standard InChI is InChI=1S/C9H13N3O2S/c1-3-4-15-9-11-5-6(8(13)14)7(10-2)12-9/h5H,3-4H2,1-2H3,(H,13,14)(H,10,11,12). The normalized spacial score (nSPS) is 10.0. The molecule has 0 radical (unpaired) electrons. The number of carbonyl (C=O) groups is 1. The SMILES string of the molecule is CCCSc1ncc(C(=O)O)c(NC)n1. The number of nitrogens with zero attached hydrogens (tertiary/aromatic N) is 2. The summed E-state index contributed by atoms with van der Waals surface area (Å²) in [6.07, 6.45) is 2.36. The van der Waals surface area contributed by atoms with Gasteiger partial charge in [0.25, 0.3) is 0 Å². The number of nitrogens with one attached hydrogen (secondary N) is 1. The van der Waals surface area contributed by atoms with Crippen molar-refractivity contribution < 1.29 is 9.90 Å². The summed E-state index contributed by atoms with van der Waals surface area (Å²) < 4.78 is 0. The first-order valence-electron chi connectivity index (χ1n) is 4.60. The highest BCUT2D eigenvalue weighted by Crippen LogP contribution is 2.18. The molecule has 0 spiro atoms. The highest BCUT2D eigenvalue weighted by molar-refractivity contribution is 7.99. The molecular weight excluding hydrogens is 214 g/mol. The lowest BCUT2D eigenvalue weighted by Gasteiger charge is -2.05. The van der Waals surface area contributed by atoms with Gasteiger partial charge in [-0.1, -0.05) is 18.7 Å². The number of hydrogen-bond acceptors (Lipinski definition) is 5. The van der Waals surface area contributed by atoms with E-state index < -0.39 is 5.97 Å². The molecule has 0 saturated heterocycles. The molecule has 0 unspecified atom stereocenters. The third kappa shape index (κ3) is 3.09. The van der Waals surface area contributed by atoms with Crippen LogP contribution in [-0.2, 0) is 0 Å². The largest absolute Gasteiger partial charge is 0.477 e. The highest BCUT2D eigenvalue weighted by atomic mass is 32.2. The smallest absolute Gasteiger partial charge is 0.341 e. The third-order valence-electron chi connectivity index (χ3n) is 1.67. The topological polar surface area (TPSA) is 75.1 Å². The molecule has 0 aliphatic heterocycles. The second-order valence-corrected chi connectivity index (χ2v) is 3.88. The van der Waals surface area contributed by atoms with Crippen LogP contribution in [0, 0.1) is 0 Å². The van der Waals surface area contributed by atoms with Crippen LogP contribution < -0.4 is 5.32 Å². The molecule has 0 saturated carbocycles. The van der Waals surface area contributed by atoms with Gasteiger partial charge >= 0.3 is 5.97 Å². The van der Waals surface area contributed by atoms with Crippen LogP contribution in [0.15, 0.2) is 11.4 Å². The summed E-state index contributed by atoms with van der Waals surface area (Å²) in [5.74, 6) is 0.262. The fourth-order valence-electron chi connectivity index (χ4n) is 0.976. The predicted molar refractivity (Wildman–Crippen MR) is 59.6 cm³/mol. The van der Waals surface area contributed by atoms with Crippen LogP contribution in [0.1, 0.15) is 23.7 Å². The summed E-state index contributed by atoms with van der Waals surface area (Å²) in [5, 5.41) is 12.2. The zero-order valence-electron chi connectivity index (χ0n) is 8.65. The van der Waals surface area contributed by atoms with Gasteiger partial charge in [0.05, 0.1) is 0 Å². The van der Waals surface area contributed by atoms with Crippen molar-refractivity contribution in [2.24, 2.45) is 0 Å². The summed E-state index contributed by atoms with van der Waals surface area (Å²) in [6.45, 7) is 2.07. The first kappa shape index (κ1) is 11.8. The Morgan fingerprint density at radius 3 is 2.93 bits per heavy atom.